The van der Waals surface area contributed by atoms with Gasteiger partial charge in [-0.15, -0.1) is 0 Å². The van der Waals surface area contributed by atoms with Crippen molar-refractivity contribution in [3.63, 3.8) is 0 Å². The largest absolute Gasteiger partial charge is 0.496 e. The molecule has 7 heteroatoms. The minimum Gasteiger partial charge on any atom is -0.496 e. The van der Waals surface area contributed by atoms with E-state index in [-0.39, 0.29) is 5.91 Å². The van der Waals surface area contributed by atoms with E-state index in [0.717, 1.165) is 40.2 Å². The first-order chi connectivity index (χ1) is 13.1. The molecule has 27 heavy (non-hydrogen) atoms. The summed E-state index contributed by atoms with van der Waals surface area (Å²) >= 11 is 0. The number of carbonyl (C=O) groups is 1. The van der Waals surface area contributed by atoms with Crippen LogP contribution in [0.15, 0.2) is 36.7 Å². The standard InChI is InChI=1S/C20H21N5O2/c1-4-8-22-20(26)14-10-13(5-6-17(14)27-3)18-16-11-23-19-15(7-9-21-19)25(16)12(2)24-18/h5-7,9-11,21H,4,8H2,1-3H3,(H,22,26). The molecular formula is C20H21N5O2. The number of fused-ring (bicyclic) bond motifs is 3. The number of carbonyl (C=O) groups excluding carboxylic acids is 1. The van der Waals surface area contributed by atoms with Gasteiger partial charge < -0.3 is 15.0 Å². The monoisotopic (exact) mass is 363 g/mol. The SMILES string of the molecule is CCCNC(=O)c1cc(-c2nc(C)n3c2cnc2[nH]ccc23)ccc1OC. The molecule has 0 aliphatic carbocycles. The van der Waals surface area contributed by atoms with E-state index in [1.54, 1.807) is 19.4 Å². The number of aromatic nitrogens is 4. The third-order valence-corrected chi connectivity index (χ3v) is 4.59. The molecule has 1 aromatic carbocycles. The van der Waals surface area contributed by atoms with Crippen LogP contribution in [0.4, 0.5) is 0 Å². The van der Waals surface area contributed by atoms with Crippen LogP contribution in [-0.2, 0) is 0 Å². The number of aryl methyl sites for hydroxylation is 1. The number of benzene rings is 1. The molecule has 1 amide bonds. The minimum atomic E-state index is -0.151. The Hall–Kier alpha value is -3.35. The number of ether oxygens (including phenoxy) is 1. The first kappa shape index (κ1) is 17.1. The van der Waals surface area contributed by atoms with E-state index in [9.17, 15) is 4.79 Å². The normalized spacial score (nSPS) is 11.2. The minimum absolute atomic E-state index is 0.151. The van der Waals surface area contributed by atoms with Gasteiger partial charge in [0, 0.05) is 18.3 Å². The highest BCUT2D eigenvalue weighted by Gasteiger charge is 2.18. The van der Waals surface area contributed by atoms with Gasteiger partial charge in [0.25, 0.3) is 5.91 Å². The average molecular weight is 363 g/mol. The molecule has 4 rings (SSSR count). The maximum absolute atomic E-state index is 12.5. The predicted molar refractivity (Wildman–Crippen MR) is 104 cm³/mol. The number of amides is 1. The highest BCUT2D eigenvalue weighted by atomic mass is 16.5. The molecule has 7 nitrogen and oxygen atoms in total. The summed E-state index contributed by atoms with van der Waals surface area (Å²) < 4.78 is 7.44. The fraction of sp³-hybridized carbons (Fsp3) is 0.250. The number of H-pyrrole nitrogens is 1. The maximum atomic E-state index is 12.5. The first-order valence-electron chi connectivity index (χ1n) is 8.91. The number of nitrogens with one attached hydrogen (secondary N) is 2. The maximum Gasteiger partial charge on any atom is 0.255 e. The van der Waals surface area contributed by atoms with Crippen LogP contribution in [0, 0.1) is 6.92 Å². The fourth-order valence-electron chi connectivity index (χ4n) is 3.31. The second kappa shape index (κ2) is 6.75. The topological polar surface area (TPSA) is 84.3 Å². The summed E-state index contributed by atoms with van der Waals surface area (Å²) in [6, 6.07) is 7.52. The second-order valence-corrected chi connectivity index (χ2v) is 6.37. The summed E-state index contributed by atoms with van der Waals surface area (Å²) in [7, 11) is 1.56. The zero-order chi connectivity index (χ0) is 19.0. The highest BCUT2D eigenvalue weighted by molar-refractivity contribution is 5.98. The molecule has 4 aromatic rings. The lowest BCUT2D eigenvalue weighted by Crippen LogP contribution is -2.24. The van der Waals surface area contributed by atoms with Gasteiger partial charge in [0.05, 0.1) is 35.6 Å². The number of methoxy groups -OCH3 is 1. The lowest BCUT2D eigenvalue weighted by Gasteiger charge is -2.10. The molecule has 0 saturated carbocycles. The van der Waals surface area contributed by atoms with Gasteiger partial charge in [-0.2, -0.15) is 0 Å². The molecule has 0 unspecified atom stereocenters. The van der Waals surface area contributed by atoms with Gasteiger partial charge in [-0.1, -0.05) is 6.92 Å². The third-order valence-electron chi connectivity index (χ3n) is 4.59. The Bertz CT molecular complexity index is 1140. The number of rotatable bonds is 5. The van der Waals surface area contributed by atoms with Crippen LogP contribution in [0.3, 0.4) is 0 Å². The Kier molecular flexibility index (Phi) is 4.27. The van der Waals surface area contributed by atoms with Gasteiger partial charge in [-0.3, -0.25) is 9.20 Å². The number of hydrogen-bond donors (Lipinski definition) is 2. The van der Waals surface area contributed by atoms with Crippen LogP contribution in [0.5, 0.6) is 5.75 Å². The summed E-state index contributed by atoms with van der Waals surface area (Å²) in [5.41, 5.74) is 4.81. The molecular weight excluding hydrogens is 342 g/mol. The summed E-state index contributed by atoms with van der Waals surface area (Å²) in [4.78, 5) is 24.9. The van der Waals surface area contributed by atoms with Crippen LogP contribution in [0.1, 0.15) is 29.5 Å². The predicted octanol–water partition coefficient (Wildman–Crippen LogP) is 3.33. The Morgan fingerprint density at radius 2 is 2.15 bits per heavy atom. The van der Waals surface area contributed by atoms with Gasteiger partial charge in [-0.05, 0) is 37.6 Å². The lowest BCUT2D eigenvalue weighted by molar-refractivity contribution is 0.0950. The molecule has 138 valence electrons. The molecule has 0 fully saturated rings. The van der Waals surface area contributed by atoms with Crippen molar-refractivity contribution < 1.29 is 9.53 Å². The summed E-state index contributed by atoms with van der Waals surface area (Å²) in [6.45, 7) is 4.60. The Balaban J connectivity index is 1.87. The molecule has 0 aliphatic rings. The molecule has 0 aliphatic heterocycles. The van der Waals surface area contributed by atoms with E-state index in [4.69, 9.17) is 9.72 Å². The third kappa shape index (κ3) is 2.81. The average Bonchev–Trinajstić information content (AvgIpc) is 3.29. The van der Waals surface area contributed by atoms with Crippen molar-refractivity contribution in [3.8, 4) is 17.0 Å². The number of nitrogens with zero attached hydrogens (tertiary/aromatic N) is 3. The first-order valence-corrected chi connectivity index (χ1v) is 8.91. The number of hydrogen-bond acceptors (Lipinski definition) is 4. The van der Waals surface area contributed by atoms with E-state index < -0.39 is 0 Å². The molecule has 3 heterocycles. The molecule has 2 N–H and O–H groups in total. The van der Waals surface area contributed by atoms with Gasteiger partial charge in [-0.25, -0.2) is 9.97 Å². The van der Waals surface area contributed by atoms with Gasteiger partial charge in [0.15, 0.2) is 5.65 Å². The smallest absolute Gasteiger partial charge is 0.255 e. The van der Waals surface area contributed by atoms with Crippen molar-refractivity contribution in [2.45, 2.75) is 20.3 Å². The van der Waals surface area contributed by atoms with Crippen LogP contribution in [0.25, 0.3) is 27.9 Å². The Morgan fingerprint density at radius 3 is 2.93 bits per heavy atom. The van der Waals surface area contributed by atoms with E-state index >= 15 is 0 Å². The molecule has 0 atom stereocenters. The van der Waals surface area contributed by atoms with Gasteiger partial charge >= 0.3 is 0 Å². The van der Waals surface area contributed by atoms with E-state index in [1.807, 2.05) is 38.2 Å². The van der Waals surface area contributed by atoms with E-state index in [0.29, 0.717) is 17.9 Å². The quantitative estimate of drug-likeness (QED) is 0.570. The number of aromatic amines is 1. The van der Waals surface area contributed by atoms with Crippen molar-refractivity contribution in [1.29, 1.82) is 0 Å². The Morgan fingerprint density at radius 1 is 1.30 bits per heavy atom. The second-order valence-electron chi connectivity index (χ2n) is 6.37. The number of imidazole rings is 1. The van der Waals surface area contributed by atoms with Crippen molar-refractivity contribution in [1.82, 2.24) is 24.7 Å². The van der Waals surface area contributed by atoms with E-state index in [2.05, 4.69) is 19.7 Å². The fourth-order valence-corrected chi connectivity index (χ4v) is 3.31. The van der Waals surface area contributed by atoms with Crippen molar-refractivity contribution >= 4 is 22.6 Å². The lowest BCUT2D eigenvalue weighted by atomic mass is 10.1. The summed E-state index contributed by atoms with van der Waals surface area (Å²) in [6.07, 6.45) is 4.53. The van der Waals surface area contributed by atoms with Crippen molar-refractivity contribution in [2.75, 3.05) is 13.7 Å². The van der Waals surface area contributed by atoms with Crippen LogP contribution in [-0.4, -0.2) is 38.9 Å². The van der Waals surface area contributed by atoms with Gasteiger partial charge in [0.1, 0.15) is 11.6 Å². The van der Waals surface area contributed by atoms with E-state index in [1.165, 1.54) is 0 Å². The van der Waals surface area contributed by atoms with Crippen molar-refractivity contribution in [2.24, 2.45) is 0 Å². The van der Waals surface area contributed by atoms with Crippen LogP contribution >= 0.6 is 0 Å². The zero-order valence-electron chi connectivity index (χ0n) is 15.5. The molecule has 0 saturated heterocycles. The summed E-state index contributed by atoms with van der Waals surface area (Å²) in [5.74, 6) is 1.25. The molecule has 3 aromatic heterocycles. The molecule has 0 bridgehead atoms. The molecule has 0 radical (unpaired) electrons. The highest BCUT2D eigenvalue weighted by Crippen LogP contribution is 2.30. The van der Waals surface area contributed by atoms with Gasteiger partial charge in [0.2, 0.25) is 0 Å². The Labute approximate surface area is 156 Å². The van der Waals surface area contributed by atoms with Crippen LogP contribution < -0.4 is 10.1 Å². The molecule has 0 spiro atoms. The summed E-state index contributed by atoms with van der Waals surface area (Å²) in [5, 5.41) is 2.90. The van der Waals surface area contributed by atoms with Crippen molar-refractivity contribution in [3.05, 3.63) is 48.0 Å². The van der Waals surface area contributed by atoms with Crippen LogP contribution in [0.2, 0.25) is 0 Å². The zero-order valence-corrected chi connectivity index (χ0v) is 15.5.